The van der Waals surface area contributed by atoms with Crippen LogP contribution in [0.1, 0.15) is 41.5 Å². The first-order chi connectivity index (χ1) is 11.3. The molecule has 5 heteroatoms. The Morgan fingerprint density at radius 1 is 1.35 bits per heavy atom. The fraction of sp³-hybridized carbons (Fsp3) is 0.444. The van der Waals surface area contributed by atoms with Gasteiger partial charge in [-0.3, -0.25) is 4.90 Å². The molecule has 3 heterocycles. The SMILES string of the molecule is Fc1cccc(CN2CCc3nc([C@H]4CCCN4)ncc3C2)c1. The molecule has 23 heavy (non-hydrogen) atoms. The molecule has 0 radical (unpaired) electrons. The highest BCUT2D eigenvalue weighted by atomic mass is 19.1. The molecule has 1 atom stereocenters. The molecule has 1 aromatic heterocycles. The third-order valence-corrected chi connectivity index (χ3v) is 4.70. The third-order valence-electron chi connectivity index (χ3n) is 4.70. The summed E-state index contributed by atoms with van der Waals surface area (Å²) in [6.45, 7) is 3.62. The molecule has 1 aromatic carbocycles. The Bertz CT molecular complexity index is 697. The van der Waals surface area contributed by atoms with E-state index in [1.165, 1.54) is 23.7 Å². The van der Waals surface area contributed by atoms with E-state index in [0.717, 1.165) is 50.4 Å². The van der Waals surface area contributed by atoms with Gasteiger partial charge in [-0.25, -0.2) is 14.4 Å². The number of nitrogens with zero attached hydrogens (tertiary/aromatic N) is 3. The standard InChI is InChI=1S/C18H21FN4/c19-15-4-1-3-13(9-15)11-23-8-6-16-14(12-23)10-21-18(22-16)17-5-2-7-20-17/h1,3-4,9-10,17,20H,2,5-8,11-12H2/t17-/m1/s1. The van der Waals surface area contributed by atoms with Crippen molar-refractivity contribution < 1.29 is 4.39 Å². The Hall–Kier alpha value is -1.85. The first-order valence-corrected chi connectivity index (χ1v) is 8.33. The van der Waals surface area contributed by atoms with Crippen molar-refractivity contribution in [1.29, 1.82) is 0 Å². The Labute approximate surface area is 135 Å². The van der Waals surface area contributed by atoms with Crippen molar-refractivity contribution in [3.8, 4) is 0 Å². The lowest BCUT2D eigenvalue weighted by atomic mass is 10.1. The van der Waals surface area contributed by atoms with Crippen LogP contribution < -0.4 is 5.32 Å². The first-order valence-electron chi connectivity index (χ1n) is 8.33. The molecule has 0 aliphatic carbocycles. The highest BCUT2D eigenvalue weighted by molar-refractivity contribution is 5.23. The van der Waals surface area contributed by atoms with Crippen molar-refractivity contribution in [3.05, 3.63) is 58.9 Å². The van der Waals surface area contributed by atoms with Crippen LogP contribution in [0.2, 0.25) is 0 Å². The maximum Gasteiger partial charge on any atom is 0.145 e. The number of halogens is 1. The zero-order chi connectivity index (χ0) is 15.6. The lowest BCUT2D eigenvalue weighted by Crippen LogP contribution is -2.31. The second kappa shape index (κ2) is 6.34. The summed E-state index contributed by atoms with van der Waals surface area (Å²) in [7, 11) is 0. The van der Waals surface area contributed by atoms with Gasteiger partial charge in [-0.05, 0) is 37.1 Å². The van der Waals surface area contributed by atoms with Gasteiger partial charge in [0.05, 0.1) is 6.04 Å². The van der Waals surface area contributed by atoms with Crippen LogP contribution in [0.25, 0.3) is 0 Å². The summed E-state index contributed by atoms with van der Waals surface area (Å²) in [5.74, 6) is 0.775. The second-order valence-corrected chi connectivity index (χ2v) is 6.44. The van der Waals surface area contributed by atoms with E-state index in [1.807, 2.05) is 12.3 Å². The Balaban J connectivity index is 1.47. The number of hydrogen-bond acceptors (Lipinski definition) is 4. The van der Waals surface area contributed by atoms with Crippen molar-refractivity contribution in [2.24, 2.45) is 0 Å². The lowest BCUT2D eigenvalue weighted by Gasteiger charge is -2.28. The number of nitrogens with one attached hydrogen (secondary N) is 1. The molecule has 1 fully saturated rings. The van der Waals surface area contributed by atoms with Crippen LogP contribution >= 0.6 is 0 Å². The molecule has 0 spiro atoms. The van der Waals surface area contributed by atoms with E-state index >= 15 is 0 Å². The van der Waals surface area contributed by atoms with E-state index in [2.05, 4.69) is 15.2 Å². The summed E-state index contributed by atoms with van der Waals surface area (Å²) in [5.41, 5.74) is 3.40. The molecule has 1 saturated heterocycles. The van der Waals surface area contributed by atoms with Crippen LogP contribution in [-0.4, -0.2) is 28.0 Å². The van der Waals surface area contributed by atoms with Gasteiger partial charge < -0.3 is 5.32 Å². The molecule has 0 bridgehead atoms. The van der Waals surface area contributed by atoms with Crippen LogP contribution in [0.3, 0.4) is 0 Å². The van der Waals surface area contributed by atoms with E-state index in [-0.39, 0.29) is 5.82 Å². The zero-order valence-electron chi connectivity index (χ0n) is 13.1. The molecule has 2 aromatic rings. The molecular weight excluding hydrogens is 291 g/mol. The molecule has 2 aliphatic rings. The third kappa shape index (κ3) is 3.26. The van der Waals surface area contributed by atoms with Crippen LogP contribution in [0, 0.1) is 5.82 Å². The average molecular weight is 312 g/mol. The van der Waals surface area contributed by atoms with Crippen LogP contribution in [0.4, 0.5) is 4.39 Å². The van der Waals surface area contributed by atoms with Gasteiger partial charge >= 0.3 is 0 Å². The summed E-state index contributed by atoms with van der Waals surface area (Å²) in [5, 5.41) is 3.46. The normalized spacial score (nSPS) is 21.3. The van der Waals surface area contributed by atoms with E-state index < -0.39 is 0 Å². The molecule has 0 unspecified atom stereocenters. The minimum Gasteiger partial charge on any atom is -0.307 e. The predicted molar refractivity (Wildman–Crippen MR) is 86.2 cm³/mol. The van der Waals surface area contributed by atoms with E-state index in [1.54, 1.807) is 12.1 Å². The summed E-state index contributed by atoms with van der Waals surface area (Å²) < 4.78 is 13.3. The zero-order valence-corrected chi connectivity index (χ0v) is 13.1. The van der Waals surface area contributed by atoms with Crippen molar-refractivity contribution in [2.45, 2.75) is 38.4 Å². The Morgan fingerprint density at radius 3 is 3.13 bits per heavy atom. The van der Waals surface area contributed by atoms with Gasteiger partial charge in [0.2, 0.25) is 0 Å². The molecule has 0 saturated carbocycles. The second-order valence-electron chi connectivity index (χ2n) is 6.44. The Morgan fingerprint density at radius 2 is 2.30 bits per heavy atom. The highest BCUT2D eigenvalue weighted by Gasteiger charge is 2.23. The number of hydrogen-bond donors (Lipinski definition) is 1. The average Bonchev–Trinajstić information content (AvgIpc) is 3.09. The van der Waals surface area contributed by atoms with Crippen molar-refractivity contribution >= 4 is 0 Å². The molecular formula is C18H21FN4. The molecule has 1 N–H and O–H groups in total. The van der Waals surface area contributed by atoms with Crippen molar-refractivity contribution in [2.75, 3.05) is 13.1 Å². The Kier molecular flexibility index (Phi) is 4.06. The van der Waals surface area contributed by atoms with Gasteiger partial charge in [-0.1, -0.05) is 12.1 Å². The highest BCUT2D eigenvalue weighted by Crippen LogP contribution is 2.23. The minimum absolute atomic E-state index is 0.169. The largest absolute Gasteiger partial charge is 0.307 e. The van der Waals surface area contributed by atoms with Gasteiger partial charge in [0.1, 0.15) is 11.6 Å². The van der Waals surface area contributed by atoms with E-state index in [9.17, 15) is 4.39 Å². The maximum atomic E-state index is 13.3. The van der Waals surface area contributed by atoms with Crippen LogP contribution in [-0.2, 0) is 19.5 Å². The number of fused-ring (bicyclic) bond motifs is 1. The predicted octanol–water partition coefficient (Wildman–Crippen LogP) is 2.60. The van der Waals surface area contributed by atoms with Crippen molar-refractivity contribution in [1.82, 2.24) is 20.2 Å². The van der Waals surface area contributed by atoms with Gasteiger partial charge in [-0.15, -0.1) is 0 Å². The summed E-state index contributed by atoms with van der Waals surface area (Å²) in [6.07, 6.45) is 5.25. The van der Waals surface area contributed by atoms with Gasteiger partial charge in [0.15, 0.2) is 0 Å². The number of benzene rings is 1. The smallest absolute Gasteiger partial charge is 0.145 e. The topological polar surface area (TPSA) is 41.1 Å². The monoisotopic (exact) mass is 312 g/mol. The molecule has 4 nitrogen and oxygen atoms in total. The van der Waals surface area contributed by atoms with Crippen LogP contribution in [0.5, 0.6) is 0 Å². The maximum absolute atomic E-state index is 13.3. The fourth-order valence-electron chi connectivity index (χ4n) is 3.49. The fourth-order valence-corrected chi connectivity index (χ4v) is 3.49. The van der Waals surface area contributed by atoms with Gasteiger partial charge in [0.25, 0.3) is 0 Å². The molecule has 2 aliphatic heterocycles. The van der Waals surface area contributed by atoms with E-state index in [0.29, 0.717) is 6.04 Å². The minimum atomic E-state index is -0.169. The van der Waals surface area contributed by atoms with Crippen LogP contribution in [0.15, 0.2) is 30.5 Å². The quantitative estimate of drug-likeness (QED) is 0.946. The summed E-state index contributed by atoms with van der Waals surface area (Å²) >= 11 is 0. The number of rotatable bonds is 3. The molecule has 120 valence electrons. The first kappa shape index (κ1) is 14.7. The van der Waals surface area contributed by atoms with Gasteiger partial charge in [-0.2, -0.15) is 0 Å². The number of aromatic nitrogens is 2. The van der Waals surface area contributed by atoms with Crippen molar-refractivity contribution in [3.63, 3.8) is 0 Å². The molecule has 4 rings (SSSR count). The molecule has 0 amide bonds. The van der Waals surface area contributed by atoms with E-state index in [4.69, 9.17) is 4.98 Å². The summed E-state index contributed by atoms with van der Waals surface area (Å²) in [6, 6.07) is 7.17. The lowest BCUT2D eigenvalue weighted by molar-refractivity contribution is 0.242. The summed E-state index contributed by atoms with van der Waals surface area (Å²) in [4.78, 5) is 11.7. The van der Waals surface area contributed by atoms with Gasteiger partial charge in [0, 0.05) is 43.5 Å².